The number of amides is 1. The molecule has 103 valence electrons. The summed E-state index contributed by atoms with van der Waals surface area (Å²) >= 11 is 0. The number of hydrogen-bond donors (Lipinski definition) is 0. The van der Waals surface area contributed by atoms with Crippen molar-refractivity contribution >= 4 is 17.5 Å². The summed E-state index contributed by atoms with van der Waals surface area (Å²) in [5.41, 5.74) is 0.173. The third-order valence-corrected chi connectivity index (χ3v) is 2.59. The molecule has 1 amide bonds. The van der Waals surface area contributed by atoms with Crippen molar-refractivity contribution in [1.82, 2.24) is 0 Å². The lowest BCUT2D eigenvalue weighted by Crippen LogP contribution is -2.27. The minimum Gasteiger partial charge on any atom is -0.442 e. The van der Waals surface area contributed by atoms with Gasteiger partial charge >= 0.3 is 6.09 Å². The fraction of sp³-hybridized carbons (Fsp3) is 0.0667. The molecule has 0 aliphatic heterocycles. The monoisotopic (exact) mass is 276 g/mol. The molecule has 5 heteroatoms. The minimum atomic E-state index is -1.11. The number of anilines is 2. The van der Waals surface area contributed by atoms with Gasteiger partial charge in [-0.15, -0.1) is 0 Å². The maximum atomic E-state index is 13.9. The Morgan fingerprint density at radius 2 is 1.80 bits per heavy atom. The van der Waals surface area contributed by atoms with E-state index in [2.05, 4.69) is 0 Å². The van der Waals surface area contributed by atoms with Gasteiger partial charge in [-0.25, -0.2) is 18.5 Å². The normalized spacial score (nSPS) is 10.2. The lowest BCUT2D eigenvalue weighted by molar-refractivity contribution is 0.183. The van der Waals surface area contributed by atoms with Gasteiger partial charge in [-0.2, -0.15) is 0 Å². The quantitative estimate of drug-likeness (QED) is 0.830. The lowest BCUT2D eigenvalue weighted by Gasteiger charge is -2.22. The summed E-state index contributed by atoms with van der Waals surface area (Å²) < 4.78 is 32.0. The van der Waals surface area contributed by atoms with Crippen LogP contribution in [0.1, 0.15) is 6.92 Å². The minimum absolute atomic E-state index is 0.206. The zero-order valence-corrected chi connectivity index (χ0v) is 10.7. The molecule has 0 aliphatic rings. The largest absolute Gasteiger partial charge is 0.442 e. The zero-order valence-electron chi connectivity index (χ0n) is 10.7. The molecule has 0 saturated carbocycles. The van der Waals surface area contributed by atoms with Crippen molar-refractivity contribution in [2.24, 2.45) is 0 Å². The highest BCUT2D eigenvalue weighted by molar-refractivity contribution is 5.96. The van der Waals surface area contributed by atoms with Crippen molar-refractivity contribution in [3.05, 3.63) is 66.8 Å². The molecule has 2 rings (SSSR count). The predicted octanol–water partition coefficient (Wildman–Crippen LogP) is 4.42. The Kier molecular flexibility index (Phi) is 4.30. The van der Waals surface area contributed by atoms with E-state index in [9.17, 15) is 13.6 Å². The van der Waals surface area contributed by atoms with E-state index < -0.39 is 17.7 Å². The third kappa shape index (κ3) is 2.77. The van der Waals surface area contributed by atoms with E-state index in [1.54, 1.807) is 30.3 Å². The van der Waals surface area contributed by atoms with Crippen LogP contribution >= 0.6 is 0 Å². The molecule has 0 fully saturated rings. The van der Waals surface area contributed by atoms with Crippen LogP contribution in [0.15, 0.2) is 48.5 Å². The number of para-hydroxylation sites is 1. The van der Waals surface area contributed by atoms with E-state index in [0.717, 1.165) is 11.0 Å². The van der Waals surface area contributed by atoms with Crippen molar-refractivity contribution in [3.63, 3.8) is 0 Å². The molecule has 2 aromatic carbocycles. The summed E-state index contributed by atoms with van der Waals surface area (Å²) in [6.07, 6.45) is -0.816. The molecule has 1 radical (unpaired) electrons. The molecular formula is C15H12F2NO2. The summed E-state index contributed by atoms with van der Waals surface area (Å²) in [6.45, 7) is 2.69. The van der Waals surface area contributed by atoms with E-state index in [1.807, 2.05) is 0 Å². The van der Waals surface area contributed by atoms with Crippen LogP contribution in [0.3, 0.4) is 0 Å². The van der Waals surface area contributed by atoms with Gasteiger partial charge in [-0.3, -0.25) is 0 Å². The number of ether oxygens (including phenoxy) is 1. The van der Waals surface area contributed by atoms with Gasteiger partial charge in [-0.05, 0) is 31.2 Å². The van der Waals surface area contributed by atoms with Gasteiger partial charge in [0.25, 0.3) is 0 Å². The fourth-order valence-corrected chi connectivity index (χ4v) is 1.74. The average Bonchev–Trinajstić information content (AvgIpc) is 2.45. The Morgan fingerprint density at radius 1 is 1.10 bits per heavy atom. The number of hydrogen-bond acceptors (Lipinski definition) is 2. The van der Waals surface area contributed by atoms with Gasteiger partial charge in [0.2, 0.25) is 0 Å². The molecule has 0 N–H and O–H groups in total. The standard InChI is InChI=1S/C15H12F2NO2/c1-2-20-15(19)18(11-7-4-3-5-8-11)13-10-6-9-12(16)14(13)17/h2-10H,1H3. The Hall–Kier alpha value is -2.43. The van der Waals surface area contributed by atoms with Crippen LogP contribution in [0.25, 0.3) is 0 Å². The number of carbonyl (C=O) groups excluding carboxylic acids is 1. The Bertz CT molecular complexity index is 602. The summed E-state index contributed by atoms with van der Waals surface area (Å²) in [5.74, 6) is -2.14. The van der Waals surface area contributed by atoms with Crippen LogP contribution in [0.2, 0.25) is 0 Å². The molecule has 0 aliphatic carbocycles. The molecule has 0 saturated heterocycles. The molecule has 0 heterocycles. The van der Waals surface area contributed by atoms with E-state index in [1.165, 1.54) is 25.7 Å². The SMILES string of the molecule is C[CH]OC(=O)N(c1ccccc1)c1cccc(F)c1F. The number of halogens is 2. The Morgan fingerprint density at radius 3 is 2.45 bits per heavy atom. The molecular weight excluding hydrogens is 264 g/mol. The van der Waals surface area contributed by atoms with Crippen molar-refractivity contribution in [3.8, 4) is 0 Å². The predicted molar refractivity (Wildman–Crippen MR) is 71.4 cm³/mol. The molecule has 0 bridgehead atoms. The topological polar surface area (TPSA) is 29.5 Å². The first-order valence-corrected chi connectivity index (χ1v) is 5.92. The maximum absolute atomic E-state index is 13.9. The highest BCUT2D eigenvalue weighted by Crippen LogP contribution is 2.29. The number of nitrogens with zero attached hydrogens (tertiary/aromatic N) is 1. The first-order chi connectivity index (χ1) is 9.65. The van der Waals surface area contributed by atoms with Gasteiger partial charge in [0.05, 0.1) is 11.4 Å². The molecule has 0 aromatic heterocycles. The van der Waals surface area contributed by atoms with Gasteiger partial charge in [0.1, 0.15) is 6.61 Å². The number of benzene rings is 2. The average molecular weight is 276 g/mol. The maximum Gasteiger partial charge on any atom is 0.419 e. The van der Waals surface area contributed by atoms with Gasteiger partial charge in [0.15, 0.2) is 11.6 Å². The first kappa shape index (κ1) is 14.0. The third-order valence-electron chi connectivity index (χ3n) is 2.59. The van der Waals surface area contributed by atoms with E-state index >= 15 is 0 Å². The van der Waals surface area contributed by atoms with Gasteiger partial charge in [0, 0.05) is 0 Å². The van der Waals surface area contributed by atoms with E-state index in [4.69, 9.17) is 4.74 Å². The van der Waals surface area contributed by atoms with E-state index in [0.29, 0.717) is 5.69 Å². The van der Waals surface area contributed by atoms with Crippen LogP contribution in [0, 0.1) is 18.2 Å². The fourth-order valence-electron chi connectivity index (χ4n) is 1.74. The molecule has 0 spiro atoms. The molecule has 0 atom stereocenters. The van der Waals surface area contributed by atoms with Crippen LogP contribution in [-0.4, -0.2) is 6.09 Å². The molecule has 3 nitrogen and oxygen atoms in total. The highest BCUT2D eigenvalue weighted by atomic mass is 19.2. The summed E-state index contributed by atoms with van der Waals surface area (Å²) in [4.78, 5) is 13.0. The first-order valence-electron chi connectivity index (χ1n) is 5.92. The van der Waals surface area contributed by atoms with Crippen LogP contribution in [0.4, 0.5) is 25.0 Å². The highest BCUT2D eigenvalue weighted by Gasteiger charge is 2.23. The van der Waals surface area contributed by atoms with Crippen molar-refractivity contribution in [2.75, 3.05) is 4.90 Å². The number of rotatable bonds is 3. The summed E-state index contributed by atoms with van der Waals surface area (Å²) in [6, 6.07) is 11.9. The summed E-state index contributed by atoms with van der Waals surface area (Å²) in [5, 5.41) is 0. The zero-order chi connectivity index (χ0) is 14.5. The number of carbonyl (C=O) groups is 1. The smallest absolute Gasteiger partial charge is 0.419 e. The van der Waals surface area contributed by atoms with Gasteiger partial charge < -0.3 is 4.74 Å². The molecule has 20 heavy (non-hydrogen) atoms. The van der Waals surface area contributed by atoms with Crippen molar-refractivity contribution in [1.29, 1.82) is 0 Å². The van der Waals surface area contributed by atoms with E-state index in [-0.39, 0.29) is 5.69 Å². The second-order valence-electron chi connectivity index (χ2n) is 3.86. The second-order valence-corrected chi connectivity index (χ2v) is 3.86. The Labute approximate surface area is 115 Å². The Balaban J connectivity index is 2.52. The van der Waals surface area contributed by atoms with Gasteiger partial charge in [-0.1, -0.05) is 24.3 Å². The van der Waals surface area contributed by atoms with Crippen molar-refractivity contribution in [2.45, 2.75) is 6.92 Å². The lowest BCUT2D eigenvalue weighted by atomic mass is 10.2. The van der Waals surface area contributed by atoms with Crippen LogP contribution < -0.4 is 4.90 Å². The van der Waals surface area contributed by atoms with Crippen LogP contribution in [-0.2, 0) is 4.74 Å². The summed E-state index contributed by atoms with van der Waals surface area (Å²) in [7, 11) is 0. The second kappa shape index (κ2) is 6.14. The molecule has 0 unspecified atom stereocenters. The molecule has 2 aromatic rings. The van der Waals surface area contributed by atoms with Crippen molar-refractivity contribution < 1.29 is 18.3 Å². The van der Waals surface area contributed by atoms with Crippen LogP contribution in [0.5, 0.6) is 0 Å².